The first kappa shape index (κ1) is 38.5. The number of hydrogen-bond donors (Lipinski definition) is 4. The number of aromatic nitrogens is 1. The van der Waals surface area contributed by atoms with Crippen molar-refractivity contribution in [2.45, 2.75) is 75.6 Å². The minimum atomic E-state index is -0.945. The maximum absolute atomic E-state index is 13.9. The summed E-state index contributed by atoms with van der Waals surface area (Å²) >= 11 is 1.53. The van der Waals surface area contributed by atoms with Crippen LogP contribution in [0.15, 0.2) is 90.1 Å². The normalized spacial score (nSPS) is 17.2. The van der Waals surface area contributed by atoms with Gasteiger partial charge < -0.3 is 25.7 Å². The van der Waals surface area contributed by atoms with Crippen molar-refractivity contribution in [1.29, 1.82) is 0 Å². The molecule has 4 aromatic rings. The van der Waals surface area contributed by atoms with Crippen molar-refractivity contribution in [3.63, 3.8) is 0 Å². The van der Waals surface area contributed by atoms with Crippen LogP contribution in [0.5, 0.6) is 0 Å². The zero-order chi connectivity index (χ0) is 38.0. The van der Waals surface area contributed by atoms with Gasteiger partial charge in [0.1, 0.15) is 0 Å². The topological polar surface area (TPSA) is 152 Å². The summed E-state index contributed by atoms with van der Waals surface area (Å²) in [6, 6.07) is 22.2. The van der Waals surface area contributed by atoms with Crippen LogP contribution in [0.2, 0.25) is 0 Å². The summed E-state index contributed by atoms with van der Waals surface area (Å²) in [6.45, 7) is 4.65. The van der Waals surface area contributed by atoms with E-state index in [-0.39, 0.29) is 29.3 Å². The molecule has 3 aromatic carbocycles. The third-order valence-corrected chi connectivity index (χ3v) is 11.5. The summed E-state index contributed by atoms with van der Waals surface area (Å²) < 4.78 is 2.24. The standard InChI is InChI=1S/C42H47N5O6S/c1-2-47(34-18-14-31(15-19-34)42(52)53)54-36-24-32(26-43-27-36)39(48)45-38-21-20-35(46-22-4-3-5-23-46)25-37(38)40(49)44-33-16-10-29(11-17-33)7-6-28-8-12-30(13-9-28)41(50)51/h8-13,16-17,20-21,24-27,31,34H,2-7,14-15,18-19,22-23H2,1H3,(H,44,49)(H,45,48)(H,50,51)(H,52,53). The van der Waals surface area contributed by atoms with E-state index in [0.29, 0.717) is 35.3 Å². The number of hydrogen-bond acceptors (Lipinski definition) is 8. The number of aromatic carboxylic acids is 1. The van der Waals surface area contributed by atoms with E-state index in [1.165, 1.54) is 24.6 Å². The van der Waals surface area contributed by atoms with Crippen LogP contribution in [0, 0.1) is 5.92 Å². The molecule has 2 fully saturated rings. The van der Waals surface area contributed by atoms with E-state index in [4.69, 9.17) is 5.11 Å². The van der Waals surface area contributed by atoms with Gasteiger partial charge in [-0.25, -0.2) is 9.10 Å². The summed E-state index contributed by atoms with van der Waals surface area (Å²) in [5.41, 5.74) is 5.06. The molecule has 0 bridgehead atoms. The van der Waals surface area contributed by atoms with Gasteiger partial charge in [-0.3, -0.25) is 19.4 Å². The average molecular weight is 750 g/mol. The molecule has 0 radical (unpaired) electrons. The number of nitrogens with zero attached hydrogens (tertiary/aromatic N) is 3. The molecule has 4 N–H and O–H groups in total. The predicted molar refractivity (Wildman–Crippen MR) is 212 cm³/mol. The lowest BCUT2D eigenvalue weighted by Gasteiger charge is -2.34. The Bertz CT molecular complexity index is 1940. The number of benzene rings is 3. The van der Waals surface area contributed by atoms with Crippen molar-refractivity contribution in [1.82, 2.24) is 9.29 Å². The summed E-state index contributed by atoms with van der Waals surface area (Å²) in [7, 11) is 0. The van der Waals surface area contributed by atoms with Gasteiger partial charge in [-0.1, -0.05) is 31.2 Å². The minimum absolute atomic E-state index is 0.244. The largest absolute Gasteiger partial charge is 0.481 e. The molecule has 1 aliphatic heterocycles. The number of rotatable bonds is 14. The lowest BCUT2D eigenvalue weighted by atomic mass is 9.86. The van der Waals surface area contributed by atoms with Gasteiger partial charge in [0.05, 0.1) is 28.3 Å². The number of pyridine rings is 1. The van der Waals surface area contributed by atoms with Gasteiger partial charge in [0.15, 0.2) is 0 Å². The maximum atomic E-state index is 13.9. The van der Waals surface area contributed by atoms with Crippen molar-refractivity contribution < 1.29 is 29.4 Å². The van der Waals surface area contributed by atoms with Gasteiger partial charge in [0, 0.05) is 54.3 Å². The van der Waals surface area contributed by atoms with Gasteiger partial charge in [0.2, 0.25) is 0 Å². The molecule has 0 spiro atoms. The Morgan fingerprint density at radius 1 is 0.778 bits per heavy atom. The Hall–Kier alpha value is -5.20. The van der Waals surface area contributed by atoms with Gasteiger partial charge >= 0.3 is 11.9 Å². The quantitative estimate of drug-likeness (QED) is 0.0933. The smallest absolute Gasteiger partial charge is 0.335 e. The number of nitrogens with one attached hydrogen (secondary N) is 2. The van der Waals surface area contributed by atoms with Crippen molar-refractivity contribution in [2.24, 2.45) is 5.92 Å². The van der Waals surface area contributed by atoms with Gasteiger partial charge in [0.25, 0.3) is 11.8 Å². The number of carbonyl (C=O) groups is 4. The number of aliphatic carboxylic acids is 1. The average Bonchev–Trinajstić information content (AvgIpc) is 3.20. The summed E-state index contributed by atoms with van der Waals surface area (Å²) in [5.74, 6) is -2.67. The zero-order valence-corrected chi connectivity index (χ0v) is 31.3. The fourth-order valence-corrected chi connectivity index (χ4v) is 8.21. The fourth-order valence-electron chi connectivity index (χ4n) is 7.16. The molecule has 11 nitrogen and oxygen atoms in total. The van der Waals surface area contributed by atoms with E-state index in [1.807, 2.05) is 48.5 Å². The number of carboxylic acid groups (broad SMARTS) is 2. The lowest BCUT2D eigenvalue weighted by Crippen LogP contribution is -2.34. The third kappa shape index (κ3) is 10.1. The molecule has 2 aliphatic rings. The van der Waals surface area contributed by atoms with E-state index >= 15 is 0 Å². The molecule has 54 heavy (non-hydrogen) atoms. The second kappa shape index (κ2) is 18.2. The molecule has 12 heteroatoms. The van der Waals surface area contributed by atoms with Gasteiger partial charge in [-0.2, -0.15) is 0 Å². The lowest BCUT2D eigenvalue weighted by molar-refractivity contribution is -0.143. The number of aryl methyl sites for hydroxylation is 2. The van der Waals surface area contributed by atoms with E-state index in [2.05, 4.69) is 31.7 Å². The molecule has 6 rings (SSSR count). The van der Waals surface area contributed by atoms with Crippen LogP contribution in [0.1, 0.15) is 94.1 Å². The number of amides is 2. The Morgan fingerprint density at radius 3 is 2.07 bits per heavy atom. The Kier molecular flexibility index (Phi) is 13.0. The molecule has 282 valence electrons. The second-order valence-electron chi connectivity index (χ2n) is 14.0. The Balaban J connectivity index is 1.13. The first-order valence-electron chi connectivity index (χ1n) is 18.7. The molecule has 0 atom stereocenters. The first-order valence-corrected chi connectivity index (χ1v) is 19.5. The first-order chi connectivity index (χ1) is 26.2. The van der Waals surface area contributed by atoms with Gasteiger partial charge in [-0.15, -0.1) is 0 Å². The molecule has 1 aromatic heterocycles. The van der Waals surface area contributed by atoms with Crippen molar-refractivity contribution in [3.05, 3.63) is 113 Å². The highest BCUT2D eigenvalue weighted by atomic mass is 32.2. The minimum Gasteiger partial charge on any atom is -0.481 e. The van der Waals surface area contributed by atoms with Crippen LogP contribution in [0.4, 0.5) is 17.1 Å². The second-order valence-corrected chi connectivity index (χ2v) is 15.1. The zero-order valence-electron chi connectivity index (χ0n) is 30.5. The third-order valence-electron chi connectivity index (χ3n) is 10.3. The fraction of sp³-hybridized carbons (Fsp3) is 0.357. The van der Waals surface area contributed by atoms with Crippen LogP contribution < -0.4 is 15.5 Å². The SMILES string of the molecule is CCN(Sc1cncc(C(=O)Nc2ccc(N3CCCCC3)cc2C(=O)Nc2ccc(CCc3ccc(C(=O)O)cc3)cc2)c1)C1CCC(C(=O)O)CC1. The highest BCUT2D eigenvalue weighted by Crippen LogP contribution is 2.34. The van der Waals surface area contributed by atoms with Gasteiger partial charge in [-0.05, 0) is 129 Å². The number of carbonyl (C=O) groups excluding carboxylic acids is 2. The maximum Gasteiger partial charge on any atom is 0.335 e. The highest BCUT2D eigenvalue weighted by Gasteiger charge is 2.29. The number of carboxylic acids is 2. The summed E-state index contributed by atoms with van der Waals surface area (Å²) in [6.07, 6.45) is 11.0. The van der Waals surface area contributed by atoms with Crippen LogP contribution in [-0.4, -0.2) is 68.9 Å². The molecule has 2 amide bonds. The van der Waals surface area contributed by atoms with Crippen LogP contribution in [0.3, 0.4) is 0 Å². The molecule has 0 unspecified atom stereocenters. The van der Waals surface area contributed by atoms with Crippen LogP contribution in [-0.2, 0) is 17.6 Å². The molecular weight excluding hydrogens is 703 g/mol. The van der Waals surface area contributed by atoms with Crippen molar-refractivity contribution >= 4 is 52.8 Å². The molecule has 1 aliphatic carbocycles. The molecule has 1 saturated heterocycles. The predicted octanol–water partition coefficient (Wildman–Crippen LogP) is 8.03. The van der Waals surface area contributed by atoms with E-state index in [1.54, 1.807) is 30.5 Å². The van der Waals surface area contributed by atoms with E-state index in [9.17, 15) is 24.3 Å². The van der Waals surface area contributed by atoms with Crippen molar-refractivity contribution in [3.8, 4) is 0 Å². The summed E-state index contributed by atoms with van der Waals surface area (Å²) in [5, 5.41) is 24.5. The molecule has 1 saturated carbocycles. The number of piperidine rings is 1. The molecule has 2 heterocycles. The highest BCUT2D eigenvalue weighted by molar-refractivity contribution is 7.97. The Morgan fingerprint density at radius 2 is 1.44 bits per heavy atom. The van der Waals surface area contributed by atoms with Crippen molar-refractivity contribution in [2.75, 3.05) is 35.2 Å². The monoisotopic (exact) mass is 749 g/mol. The van der Waals surface area contributed by atoms with E-state index < -0.39 is 11.9 Å². The summed E-state index contributed by atoms with van der Waals surface area (Å²) in [4.78, 5) is 57.6. The number of anilines is 3. The van der Waals surface area contributed by atoms with E-state index in [0.717, 1.165) is 79.9 Å². The van der Waals surface area contributed by atoms with Crippen LogP contribution >= 0.6 is 11.9 Å². The molecular formula is C42H47N5O6S. The van der Waals surface area contributed by atoms with Crippen LogP contribution in [0.25, 0.3) is 0 Å². The Labute approximate surface area is 320 Å².